The largest absolute Gasteiger partial charge is 0.462 e. The standard InChI is InChI=1S/C53H83NO5/c1-4-7-10-13-16-19-22-24-25-26-27-29-31-34-37-40-43-46-53(58)59-49(44-41-38-35-32-30-28-23-20-17-14-11-8-5-2)47-52(57)54-50(48-55)51(56)45-42-39-36-33-21-18-15-12-9-6-3/h7-8,10-11,13-14,16-17,19-20,22-32,35,49-51,55-56H,4-6,9,12,15,18,21,33-34,36-48H2,1-3H3,(H,54,57)/b10-7-,11-8+,16-13+,17-14+,22-19+,23-20-,25-24-,27-26+,30-28-,31-29+,35-32+. The number of ether oxygens (including phenoxy) is 1. The molecule has 0 bridgehead atoms. The predicted octanol–water partition coefficient (Wildman–Crippen LogP) is 13.5. The highest BCUT2D eigenvalue weighted by atomic mass is 16.5. The summed E-state index contributed by atoms with van der Waals surface area (Å²) in [5, 5.41) is 23.6. The molecule has 0 aliphatic carbocycles. The summed E-state index contributed by atoms with van der Waals surface area (Å²) in [5.74, 6) is -0.617. The summed E-state index contributed by atoms with van der Waals surface area (Å²) in [6, 6.07) is -0.742. The van der Waals surface area contributed by atoms with Crippen LogP contribution in [0.4, 0.5) is 0 Å². The van der Waals surface area contributed by atoms with Gasteiger partial charge >= 0.3 is 5.97 Å². The topological polar surface area (TPSA) is 95.9 Å². The second-order valence-electron chi connectivity index (χ2n) is 15.0. The Bertz CT molecular complexity index is 1320. The van der Waals surface area contributed by atoms with Crippen molar-refractivity contribution in [1.82, 2.24) is 5.32 Å². The first-order valence-corrected chi connectivity index (χ1v) is 23.1. The lowest BCUT2D eigenvalue weighted by atomic mass is 10.0. The molecule has 330 valence electrons. The number of carbonyl (C=O) groups excluding carboxylic acids is 2. The number of aliphatic hydroxyl groups is 2. The summed E-state index contributed by atoms with van der Waals surface area (Å²) < 4.78 is 5.85. The van der Waals surface area contributed by atoms with Crippen LogP contribution >= 0.6 is 0 Å². The molecule has 1 amide bonds. The fourth-order valence-corrected chi connectivity index (χ4v) is 6.07. The maximum Gasteiger partial charge on any atom is 0.306 e. The Hall–Kier alpha value is -4.00. The van der Waals surface area contributed by atoms with Gasteiger partial charge in [-0.3, -0.25) is 9.59 Å². The molecule has 3 atom stereocenters. The average molecular weight is 814 g/mol. The van der Waals surface area contributed by atoms with Crippen molar-refractivity contribution >= 4 is 11.9 Å². The van der Waals surface area contributed by atoms with Crippen LogP contribution in [0.25, 0.3) is 0 Å². The number of carbonyl (C=O) groups is 2. The Morgan fingerprint density at radius 1 is 0.508 bits per heavy atom. The molecule has 0 saturated carbocycles. The van der Waals surface area contributed by atoms with Gasteiger partial charge in [0.1, 0.15) is 6.10 Å². The van der Waals surface area contributed by atoms with Gasteiger partial charge in [0.05, 0.1) is 25.2 Å². The highest BCUT2D eigenvalue weighted by Gasteiger charge is 2.23. The third-order valence-electron chi connectivity index (χ3n) is 9.51. The number of nitrogens with one attached hydrogen (secondary N) is 1. The van der Waals surface area contributed by atoms with E-state index >= 15 is 0 Å². The zero-order chi connectivity index (χ0) is 43.1. The Balaban J connectivity index is 4.86. The van der Waals surface area contributed by atoms with E-state index in [0.717, 1.165) is 70.6 Å². The van der Waals surface area contributed by atoms with E-state index in [1.165, 1.54) is 44.9 Å². The van der Waals surface area contributed by atoms with E-state index in [0.29, 0.717) is 19.3 Å². The molecule has 3 unspecified atom stereocenters. The minimum atomic E-state index is -0.822. The van der Waals surface area contributed by atoms with Crippen molar-refractivity contribution in [2.24, 2.45) is 0 Å². The molecule has 6 heteroatoms. The van der Waals surface area contributed by atoms with Crippen molar-refractivity contribution in [3.05, 3.63) is 134 Å². The van der Waals surface area contributed by atoms with Crippen molar-refractivity contribution in [2.75, 3.05) is 6.61 Å². The summed E-state index contributed by atoms with van der Waals surface area (Å²) in [5.41, 5.74) is 0. The third kappa shape index (κ3) is 40.6. The first kappa shape index (κ1) is 55.0. The third-order valence-corrected chi connectivity index (χ3v) is 9.51. The number of aliphatic hydroxyl groups excluding tert-OH is 2. The second-order valence-corrected chi connectivity index (χ2v) is 15.0. The van der Waals surface area contributed by atoms with Crippen LogP contribution in [0.1, 0.15) is 162 Å². The number of hydrogen-bond acceptors (Lipinski definition) is 5. The minimum Gasteiger partial charge on any atom is -0.462 e. The molecule has 0 aromatic rings. The fraction of sp³-hybridized carbons (Fsp3) is 0.547. The normalized spacial score (nSPS) is 14.6. The molecule has 0 aliphatic rings. The highest BCUT2D eigenvalue weighted by molar-refractivity contribution is 5.77. The Labute approximate surface area is 361 Å². The number of esters is 1. The molecule has 0 aromatic heterocycles. The Morgan fingerprint density at radius 3 is 1.41 bits per heavy atom. The summed E-state index contributed by atoms with van der Waals surface area (Å²) in [7, 11) is 0. The molecule has 3 N–H and O–H groups in total. The molecule has 6 nitrogen and oxygen atoms in total. The van der Waals surface area contributed by atoms with Gasteiger partial charge in [0.2, 0.25) is 5.91 Å². The van der Waals surface area contributed by atoms with Gasteiger partial charge in [-0.1, -0.05) is 225 Å². The monoisotopic (exact) mass is 814 g/mol. The van der Waals surface area contributed by atoms with E-state index in [1.807, 2.05) is 109 Å². The first-order valence-electron chi connectivity index (χ1n) is 23.1. The summed E-state index contributed by atoms with van der Waals surface area (Å²) in [6.45, 7) is 6.11. The van der Waals surface area contributed by atoms with Gasteiger partial charge < -0.3 is 20.3 Å². The highest BCUT2D eigenvalue weighted by Crippen LogP contribution is 2.16. The van der Waals surface area contributed by atoms with Gasteiger partial charge in [-0.05, 0) is 57.8 Å². The zero-order valence-electron chi connectivity index (χ0n) is 37.3. The van der Waals surface area contributed by atoms with E-state index in [1.54, 1.807) is 0 Å². The van der Waals surface area contributed by atoms with Gasteiger partial charge in [-0.2, -0.15) is 0 Å². The van der Waals surface area contributed by atoms with Crippen molar-refractivity contribution in [3.8, 4) is 0 Å². The van der Waals surface area contributed by atoms with Crippen molar-refractivity contribution in [1.29, 1.82) is 0 Å². The molecule has 59 heavy (non-hydrogen) atoms. The number of unbranched alkanes of at least 4 members (excludes halogenated alkanes) is 13. The number of amides is 1. The van der Waals surface area contributed by atoms with Crippen molar-refractivity contribution in [2.45, 2.75) is 180 Å². The molecule has 0 heterocycles. The van der Waals surface area contributed by atoms with Gasteiger partial charge in [0.15, 0.2) is 0 Å². The minimum absolute atomic E-state index is 0.0000707. The van der Waals surface area contributed by atoms with E-state index < -0.39 is 18.2 Å². The lowest BCUT2D eigenvalue weighted by Crippen LogP contribution is -2.46. The SMILES string of the molecule is CC\C=C/C=C/C=C/C=C\C=C\C=C\CCCCCC(=O)OC(CCC/C=C/C=C\C=C/C=C/C=C/CC)CC(=O)NC(CO)C(O)CCCCCCCCCCCC. The summed E-state index contributed by atoms with van der Waals surface area (Å²) >= 11 is 0. The van der Waals surface area contributed by atoms with Crippen molar-refractivity contribution < 1.29 is 24.5 Å². The fourth-order valence-electron chi connectivity index (χ4n) is 6.07. The van der Waals surface area contributed by atoms with Gasteiger partial charge in [0.25, 0.3) is 0 Å². The predicted molar refractivity (Wildman–Crippen MR) is 254 cm³/mol. The second kappa shape index (κ2) is 45.1. The first-order chi connectivity index (χ1) is 29.0. The van der Waals surface area contributed by atoms with E-state index in [-0.39, 0.29) is 24.9 Å². The van der Waals surface area contributed by atoms with Gasteiger partial charge in [-0.15, -0.1) is 0 Å². The lowest BCUT2D eigenvalue weighted by molar-refractivity contribution is -0.151. The number of allylic oxidation sites excluding steroid dienone is 22. The zero-order valence-corrected chi connectivity index (χ0v) is 37.3. The Morgan fingerprint density at radius 2 is 0.932 bits per heavy atom. The van der Waals surface area contributed by atoms with Crippen LogP contribution in [-0.2, 0) is 14.3 Å². The van der Waals surface area contributed by atoms with Crippen LogP contribution in [-0.4, -0.2) is 46.9 Å². The van der Waals surface area contributed by atoms with Crippen LogP contribution < -0.4 is 5.32 Å². The quantitative estimate of drug-likeness (QED) is 0.0328. The smallest absolute Gasteiger partial charge is 0.306 e. The summed E-state index contributed by atoms with van der Waals surface area (Å²) in [4.78, 5) is 26.0. The maximum absolute atomic E-state index is 13.1. The average Bonchev–Trinajstić information content (AvgIpc) is 3.23. The Kier molecular flexibility index (Phi) is 42.0. The molecule has 0 rings (SSSR count). The van der Waals surface area contributed by atoms with Crippen LogP contribution in [0.15, 0.2) is 134 Å². The van der Waals surface area contributed by atoms with E-state index in [9.17, 15) is 19.8 Å². The van der Waals surface area contributed by atoms with Crippen LogP contribution in [0.5, 0.6) is 0 Å². The molecule has 0 radical (unpaired) electrons. The van der Waals surface area contributed by atoms with Crippen LogP contribution in [0.2, 0.25) is 0 Å². The lowest BCUT2D eigenvalue weighted by Gasteiger charge is -2.24. The van der Waals surface area contributed by atoms with Crippen LogP contribution in [0, 0.1) is 0 Å². The number of rotatable bonds is 38. The molecule has 0 fully saturated rings. The summed E-state index contributed by atoms with van der Waals surface area (Å²) in [6.07, 6.45) is 63.6. The van der Waals surface area contributed by atoms with E-state index in [2.05, 4.69) is 50.4 Å². The molecular formula is C53H83NO5. The molecule has 0 aromatic carbocycles. The molecule has 0 spiro atoms. The van der Waals surface area contributed by atoms with Gasteiger partial charge in [-0.25, -0.2) is 0 Å². The van der Waals surface area contributed by atoms with E-state index in [4.69, 9.17) is 4.74 Å². The maximum atomic E-state index is 13.1. The molecular weight excluding hydrogens is 731 g/mol. The van der Waals surface area contributed by atoms with Crippen molar-refractivity contribution in [3.63, 3.8) is 0 Å². The van der Waals surface area contributed by atoms with Gasteiger partial charge in [0, 0.05) is 6.42 Å². The molecule has 0 aliphatic heterocycles. The van der Waals surface area contributed by atoms with Crippen LogP contribution in [0.3, 0.4) is 0 Å². The molecule has 0 saturated heterocycles. The number of hydrogen-bond donors (Lipinski definition) is 3.